The highest BCUT2D eigenvalue weighted by molar-refractivity contribution is 14.0. The first-order chi connectivity index (χ1) is 10.8. The van der Waals surface area contributed by atoms with Gasteiger partial charge in [0.2, 0.25) is 0 Å². The second-order valence-electron chi connectivity index (χ2n) is 6.73. The van der Waals surface area contributed by atoms with Gasteiger partial charge in [-0.15, -0.1) is 35.3 Å². The van der Waals surface area contributed by atoms with Crippen LogP contribution in [0.15, 0.2) is 22.5 Å². The molecule has 2 saturated carbocycles. The van der Waals surface area contributed by atoms with Crippen LogP contribution in [0.1, 0.15) is 37.5 Å². The van der Waals surface area contributed by atoms with Gasteiger partial charge in [-0.25, -0.2) is 4.99 Å². The van der Waals surface area contributed by atoms with Gasteiger partial charge in [0.05, 0.1) is 12.6 Å². The highest BCUT2D eigenvalue weighted by atomic mass is 127. The number of rotatable bonds is 4. The third-order valence-electron chi connectivity index (χ3n) is 5.65. The van der Waals surface area contributed by atoms with E-state index in [0.29, 0.717) is 23.5 Å². The fraction of sp³-hybridized carbons (Fsp3) is 0.706. The van der Waals surface area contributed by atoms with Crippen molar-refractivity contribution in [1.82, 2.24) is 10.6 Å². The monoisotopic (exact) mass is 447 g/mol. The molecule has 1 aliphatic heterocycles. The van der Waals surface area contributed by atoms with E-state index in [4.69, 9.17) is 9.73 Å². The molecule has 1 aromatic rings. The molecule has 6 heteroatoms. The zero-order valence-electron chi connectivity index (χ0n) is 13.6. The van der Waals surface area contributed by atoms with E-state index >= 15 is 0 Å². The first-order valence-electron chi connectivity index (χ1n) is 8.52. The summed E-state index contributed by atoms with van der Waals surface area (Å²) in [4.78, 5) is 6.09. The van der Waals surface area contributed by atoms with E-state index in [9.17, 15) is 0 Å². The van der Waals surface area contributed by atoms with Crippen LogP contribution in [-0.2, 0) is 11.3 Å². The minimum atomic E-state index is 0. The maximum absolute atomic E-state index is 6.00. The Hall–Kier alpha value is -0.340. The van der Waals surface area contributed by atoms with Gasteiger partial charge in [0.15, 0.2) is 5.96 Å². The van der Waals surface area contributed by atoms with E-state index in [0.717, 1.165) is 25.7 Å². The van der Waals surface area contributed by atoms with E-state index in [1.807, 2.05) is 0 Å². The third kappa shape index (κ3) is 3.02. The average Bonchev–Trinajstić information content (AvgIpc) is 3.10. The molecule has 3 aliphatic rings. The summed E-state index contributed by atoms with van der Waals surface area (Å²) in [5.41, 5.74) is 0.403. The van der Waals surface area contributed by atoms with Gasteiger partial charge in [0.25, 0.3) is 0 Å². The normalized spacial score (nSPS) is 30.8. The maximum atomic E-state index is 6.00. The molecule has 1 aromatic heterocycles. The summed E-state index contributed by atoms with van der Waals surface area (Å²) in [5, 5.41) is 9.27. The number of aliphatic imine (C=N–C) groups is 1. The predicted octanol–water partition coefficient (Wildman–Crippen LogP) is 3.38. The van der Waals surface area contributed by atoms with Gasteiger partial charge >= 0.3 is 0 Å². The Morgan fingerprint density at radius 1 is 1.48 bits per heavy atom. The van der Waals surface area contributed by atoms with Crippen LogP contribution < -0.4 is 10.6 Å². The first-order valence-corrected chi connectivity index (χ1v) is 9.40. The lowest BCUT2D eigenvalue weighted by atomic mass is 9.46. The summed E-state index contributed by atoms with van der Waals surface area (Å²) >= 11 is 1.77. The molecule has 0 radical (unpaired) electrons. The van der Waals surface area contributed by atoms with Gasteiger partial charge in [0.1, 0.15) is 0 Å². The molecule has 1 spiro atoms. The van der Waals surface area contributed by atoms with E-state index in [1.165, 1.54) is 30.6 Å². The molecule has 23 heavy (non-hydrogen) atoms. The van der Waals surface area contributed by atoms with Crippen molar-refractivity contribution >= 4 is 41.3 Å². The van der Waals surface area contributed by atoms with Crippen LogP contribution in [0, 0.1) is 11.3 Å². The molecule has 2 heterocycles. The number of guanidine groups is 1. The molecule has 4 nitrogen and oxygen atoms in total. The second kappa shape index (κ2) is 7.27. The lowest BCUT2D eigenvalue weighted by Crippen LogP contribution is -2.72. The van der Waals surface area contributed by atoms with Crippen molar-refractivity contribution in [2.24, 2.45) is 16.3 Å². The van der Waals surface area contributed by atoms with E-state index in [2.05, 4.69) is 35.1 Å². The topological polar surface area (TPSA) is 45.7 Å². The third-order valence-corrected chi connectivity index (χ3v) is 6.51. The smallest absolute Gasteiger partial charge is 0.191 e. The van der Waals surface area contributed by atoms with Gasteiger partial charge in [-0.1, -0.05) is 12.5 Å². The molecule has 3 atom stereocenters. The lowest BCUT2D eigenvalue weighted by molar-refractivity contribution is -0.171. The van der Waals surface area contributed by atoms with Gasteiger partial charge in [-0.05, 0) is 37.6 Å². The van der Waals surface area contributed by atoms with Crippen molar-refractivity contribution in [2.45, 2.75) is 51.3 Å². The second-order valence-corrected chi connectivity index (χ2v) is 7.76. The molecular weight excluding hydrogens is 421 g/mol. The molecule has 3 fully saturated rings. The molecule has 3 unspecified atom stereocenters. The number of nitrogens with one attached hydrogen (secondary N) is 2. The number of fused-ring (bicyclic) bond motifs is 2. The maximum Gasteiger partial charge on any atom is 0.191 e. The lowest BCUT2D eigenvalue weighted by Gasteiger charge is -2.63. The van der Waals surface area contributed by atoms with Crippen molar-refractivity contribution < 1.29 is 4.74 Å². The molecule has 2 N–H and O–H groups in total. The van der Waals surface area contributed by atoms with Crippen molar-refractivity contribution in [3.05, 3.63) is 22.4 Å². The molecule has 0 amide bonds. The Morgan fingerprint density at radius 2 is 2.35 bits per heavy atom. The fourth-order valence-electron chi connectivity index (χ4n) is 4.48. The summed E-state index contributed by atoms with van der Waals surface area (Å²) < 4.78 is 6.00. The average molecular weight is 447 g/mol. The summed E-state index contributed by atoms with van der Waals surface area (Å²) in [5.74, 6) is 1.66. The van der Waals surface area contributed by atoms with Gasteiger partial charge in [0, 0.05) is 35.4 Å². The standard InChI is InChI=1S/C17H25N3OS.HI/c1-2-18-16(19-11-12-5-3-10-22-12)20-14-13-6-9-21-15(13)17(14)7-4-8-17;/h3,5,10,13-15H,2,4,6-9,11H2,1H3,(H2,18,19,20);1H. The molecular formula is C17H26IN3OS. The highest BCUT2D eigenvalue weighted by Gasteiger charge is 2.66. The van der Waals surface area contributed by atoms with Gasteiger partial charge < -0.3 is 15.4 Å². The number of ether oxygens (including phenoxy) is 1. The number of thiophene rings is 1. The summed E-state index contributed by atoms with van der Waals surface area (Å²) in [7, 11) is 0. The molecule has 0 bridgehead atoms. The summed E-state index contributed by atoms with van der Waals surface area (Å²) in [6.45, 7) is 4.74. The molecule has 128 valence electrons. The number of halogens is 1. The van der Waals surface area contributed by atoms with Crippen LogP contribution in [0.4, 0.5) is 0 Å². The highest BCUT2D eigenvalue weighted by Crippen LogP contribution is 2.62. The summed E-state index contributed by atoms with van der Waals surface area (Å²) in [6.07, 6.45) is 5.70. The van der Waals surface area contributed by atoms with Crippen LogP contribution in [0.2, 0.25) is 0 Å². The SMILES string of the molecule is CCNC(=NCc1cccs1)NC1C2CCOC2C12CCC2.I. The quantitative estimate of drug-likeness (QED) is 0.423. The van der Waals surface area contributed by atoms with Crippen LogP contribution in [0.3, 0.4) is 0 Å². The molecule has 2 aliphatic carbocycles. The van der Waals surface area contributed by atoms with Crippen LogP contribution >= 0.6 is 35.3 Å². The van der Waals surface area contributed by atoms with Crippen LogP contribution in [0.5, 0.6) is 0 Å². The van der Waals surface area contributed by atoms with Gasteiger partial charge in [-0.2, -0.15) is 0 Å². The Labute approximate surface area is 159 Å². The van der Waals surface area contributed by atoms with Crippen molar-refractivity contribution in [3.63, 3.8) is 0 Å². The van der Waals surface area contributed by atoms with Crippen LogP contribution in [-0.4, -0.2) is 31.3 Å². The largest absolute Gasteiger partial charge is 0.377 e. The van der Waals surface area contributed by atoms with Crippen molar-refractivity contribution in [1.29, 1.82) is 0 Å². The molecule has 4 rings (SSSR count). The zero-order valence-corrected chi connectivity index (χ0v) is 16.7. The Bertz CT molecular complexity index is 544. The predicted molar refractivity (Wildman–Crippen MR) is 106 cm³/mol. The Morgan fingerprint density at radius 3 is 3.00 bits per heavy atom. The zero-order chi connectivity index (χ0) is 15.0. The summed E-state index contributed by atoms with van der Waals surface area (Å²) in [6, 6.07) is 4.79. The van der Waals surface area contributed by atoms with Crippen molar-refractivity contribution in [3.8, 4) is 0 Å². The van der Waals surface area contributed by atoms with E-state index < -0.39 is 0 Å². The Kier molecular flexibility index (Phi) is 5.53. The molecule has 0 aromatic carbocycles. The van der Waals surface area contributed by atoms with E-state index in [-0.39, 0.29) is 24.0 Å². The van der Waals surface area contributed by atoms with Crippen LogP contribution in [0.25, 0.3) is 0 Å². The Balaban J connectivity index is 0.00000156. The van der Waals surface area contributed by atoms with Gasteiger partial charge in [-0.3, -0.25) is 0 Å². The fourth-order valence-corrected chi connectivity index (χ4v) is 5.11. The van der Waals surface area contributed by atoms with Crippen molar-refractivity contribution in [2.75, 3.05) is 13.2 Å². The minimum Gasteiger partial charge on any atom is -0.377 e. The number of nitrogens with zero attached hydrogens (tertiary/aromatic N) is 1. The minimum absolute atomic E-state index is 0. The van der Waals surface area contributed by atoms with E-state index in [1.54, 1.807) is 11.3 Å². The molecule has 1 saturated heterocycles. The number of hydrogen-bond donors (Lipinski definition) is 2. The first kappa shape index (κ1) is 17.5. The number of hydrogen-bond acceptors (Lipinski definition) is 3.